The van der Waals surface area contributed by atoms with Crippen molar-refractivity contribution in [3.8, 4) is 0 Å². The minimum Gasteiger partial charge on any atom is -0.370 e. The van der Waals surface area contributed by atoms with Gasteiger partial charge in [0.15, 0.2) is 5.96 Å². The molecule has 0 saturated carbocycles. The van der Waals surface area contributed by atoms with Gasteiger partial charge >= 0.3 is 0 Å². The fraction of sp³-hybridized carbons (Fsp3) is 0.200. The number of hydrogen-bond donors (Lipinski definition) is 3. The van der Waals surface area contributed by atoms with Crippen LogP contribution in [0, 0.1) is 0 Å². The van der Waals surface area contributed by atoms with Crippen molar-refractivity contribution in [3.05, 3.63) is 30.3 Å². The summed E-state index contributed by atoms with van der Waals surface area (Å²) in [5.41, 5.74) is 11.2. The maximum atomic E-state index is 5.15. The van der Waals surface area contributed by atoms with Crippen LogP contribution in [-0.2, 0) is 0 Å². The van der Waals surface area contributed by atoms with Crippen molar-refractivity contribution >= 4 is 29.0 Å². The predicted molar refractivity (Wildman–Crippen MR) is 69.8 cm³/mol. The molecule has 1 aromatic rings. The molecule has 15 heavy (non-hydrogen) atoms. The largest absolute Gasteiger partial charge is 0.370 e. The summed E-state index contributed by atoms with van der Waals surface area (Å²) in [5.74, 6) is -0.0477. The van der Waals surface area contributed by atoms with E-state index in [-0.39, 0.29) is 11.1 Å². The zero-order valence-electron chi connectivity index (χ0n) is 8.90. The highest BCUT2D eigenvalue weighted by molar-refractivity contribution is 7.80. The Balaban J connectivity index is 0.000000921. The normalized spacial score (nSPS) is 8.13. The van der Waals surface area contributed by atoms with Crippen molar-refractivity contribution in [2.75, 3.05) is 5.32 Å². The minimum atomic E-state index is -0.0477. The summed E-state index contributed by atoms with van der Waals surface area (Å²) in [6, 6.07) is 9.43. The van der Waals surface area contributed by atoms with Crippen molar-refractivity contribution in [1.29, 1.82) is 0 Å². The summed E-state index contributed by atoms with van der Waals surface area (Å²) in [6.45, 7) is 4.00. The lowest BCUT2D eigenvalue weighted by Gasteiger charge is -2.02. The first-order valence-electron chi connectivity index (χ1n) is 4.64. The molecule has 0 heterocycles. The first kappa shape index (κ1) is 13.4. The van der Waals surface area contributed by atoms with Crippen molar-refractivity contribution < 1.29 is 0 Å². The van der Waals surface area contributed by atoms with Crippen LogP contribution in [0.4, 0.5) is 5.69 Å². The van der Waals surface area contributed by atoms with E-state index in [0.717, 1.165) is 5.69 Å². The Morgan fingerprint density at radius 1 is 1.20 bits per heavy atom. The molecule has 0 amide bonds. The monoisotopic (exact) mass is 224 g/mol. The van der Waals surface area contributed by atoms with Gasteiger partial charge in [0.25, 0.3) is 0 Å². The first-order valence-corrected chi connectivity index (χ1v) is 5.05. The molecule has 0 spiro atoms. The fourth-order valence-electron chi connectivity index (χ4n) is 0.790. The molecule has 82 valence electrons. The summed E-state index contributed by atoms with van der Waals surface area (Å²) in [6.07, 6.45) is 0. The standard InChI is InChI=1S/C8H10N4S.C2H6/c9-7(10)12-8(13)11-6-4-2-1-3-5-6;1-2/h1-5H,(H5,9,10,11,12,13);1-2H3. The first-order chi connectivity index (χ1) is 7.18. The highest BCUT2D eigenvalue weighted by Gasteiger charge is 1.93. The number of nitrogens with one attached hydrogen (secondary N) is 1. The van der Waals surface area contributed by atoms with Crippen molar-refractivity contribution in [2.45, 2.75) is 13.8 Å². The zero-order chi connectivity index (χ0) is 11.7. The molecular weight excluding hydrogens is 208 g/mol. The van der Waals surface area contributed by atoms with Gasteiger partial charge in [-0.25, -0.2) is 0 Å². The molecule has 0 aliphatic carbocycles. The Hall–Kier alpha value is -1.62. The fourth-order valence-corrected chi connectivity index (χ4v) is 1.01. The van der Waals surface area contributed by atoms with Gasteiger partial charge in [0.1, 0.15) is 0 Å². The number of aliphatic imine (C=N–C) groups is 1. The molecule has 1 rings (SSSR count). The lowest BCUT2D eigenvalue weighted by Crippen LogP contribution is -2.25. The third-order valence-corrected chi connectivity index (χ3v) is 1.45. The molecule has 4 nitrogen and oxygen atoms in total. The maximum Gasteiger partial charge on any atom is 0.200 e. The van der Waals surface area contributed by atoms with Crippen LogP contribution in [0.15, 0.2) is 35.3 Å². The van der Waals surface area contributed by atoms with Gasteiger partial charge in [-0.1, -0.05) is 32.0 Å². The average Bonchev–Trinajstić information content (AvgIpc) is 2.21. The molecule has 1 aromatic carbocycles. The van der Waals surface area contributed by atoms with Gasteiger partial charge in [-0.15, -0.1) is 0 Å². The molecular formula is C10H16N4S. The smallest absolute Gasteiger partial charge is 0.200 e. The third-order valence-electron chi connectivity index (χ3n) is 1.26. The van der Waals surface area contributed by atoms with Crippen LogP contribution in [0.3, 0.4) is 0 Å². The number of benzene rings is 1. The zero-order valence-corrected chi connectivity index (χ0v) is 9.71. The highest BCUT2D eigenvalue weighted by Crippen LogP contribution is 2.04. The molecule has 0 atom stereocenters. The predicted octanol–water partition coefficient (Wildman–Crippen LogP) is 1.68. The summed E-state index contributed by atoms with van der Waals surface area (Å²) < 4.78 is 0. The van der Waals surface area contributed by atoms with E-state index in [9.17, 15) is 0 Å². The van der Waals surface area contributed by atoms with Gasteiger partial charge < -0.3 is 16.8 Å². The van der Waals surface area contributed by atoms with Gasteiger partial charge in [-0.05, 0) is 24.4 Å². The van der Waals surface area contributed by atoms with Crippen molar-refractivity contribution in [3.63, 3.8) is 0 Å². The van der Waals surface area contributed by atoms with E-state index >= 15 is 0 Å². The van der Waals surface area contributed by atoms with Gasteiger partial charge in [0.05, 0.1) is 0 Å². The molecule has 0 aliphatic rings. The number of para-hydroxylation sites is 1. The molecule has 5 heteroatoms. The lowest BCUT2D eigenvalue weighted by atomic mass is 10.3. The van der Waals surface area contributed by atoms with E-state index in [1.807, 2.05) is 44.2 Å². The number of thiocarbonyl (C=S) groups is 1. The van der Waals surface area contributed by atoms with Gasteiger partial charge in [0.2, 0.25) is 5.11 Å². The van der Waals surface area contributed by atoms with E-state index < -0.39 is 0 Å². The van der Waals surface area contributed by atoms with E-state index in [2.05, 4.69) is 10.3 Å². The summed E-state index contributed by atoms with van der Waals surface area (Å²) in [7, 11) is 0. The van der Waals surface area contributed by atoms with E-state index in [1.165, 1.54) is 0 Å². The SMILES string of the molecule is CC.NC(N)=NC(=S)Nc1ccccc1. The quantitative estimate of drug-likeness (QED) is 0.385. The lowest BCUT2D eigenvalue weighted by molar-refractivity contribution is 1.48. The molecule has 0 aromatic heterocycles. The van der Waals surface area contributed by atoms with Crippen LogP contribution in [-0.4, -0.2) is 11.1 Å². The highest BCUT2D eigenvalue weighted by atomic mass is 32.1. The van der Waals surface area contributed by atoms with Crippen LogP contribution in [0.1, 0.15) is 13.8 Å². The van der Waals surface area contributed by atoms with Crippen molar-refractivity contribution in [1.82, 2.24) is 0 Å². The number of rotatable bonds is 1. The van der Waals surface area contributed by atoms with Crippen LogP contribution in [0.25, 0.3) is 0 Å². The number of nitrogens with zero attached hydrogens (tertiary/aromatic N) is 1. The Morgan fingerprint density at radius 2 is 1.73 bits per heavy atom. The Bertz CT molecular complexity index is 317. The molecule has 0 aliphatic heterocycles. The Kier molecular flexibility index (Phi) is 6.92. The Labute approximate surface area is 95.4 Å². The maximum absolute atomic E-state index is 5.15. The van der Waals surface area contributed by atoms with E-state index in [0.29, 0.717) is 0 Å². The third kappa shape index (κ3) is 6.45. The summed E-state index contributed by atoms with van der Waals surface area (Å²) >= 11 is 4.85. The second-order valence-electron chi connectivity index (χ2n) is 2.33. The second kappa shape index (κ2) is 7.75. The summed E-state index contributed by atoms with van der Waals surface area (Å²) in [4.78, 5) is 3.67. The molecule has 0 saturated heterocycles. The van der Waals surface area contributed by atoms with Gasteiger partial charge in [0, 0.05) is 5.69 Å². The number of anilines is 1. The van der Waals surface area contributed by atoms with Crippen LogP contribution < -0.4 is 16.8 Å². The van der Waals surface area contributed by atoms with Crippen LogP contribution >= 0.6 is 12.2 Å². The minimum absolute atomic E-state index is 0.0477. The average molecular weight is 224 g/mol. The number of hydrogen-bond acceptors (Lipinski definition) is 1. The van der Waals surface area contributed by atoms with Crippen LogP contribution in [0.5, 0.6) is 0 Å². The number of guanidine groups is 1. The summed E-state index contributed by atoms with van der Waals surface area (Å²) in [5, 5.41) is 3.11. The van der Waals surface area contributed by atoms with Crippen LogP contribution in [0.2, 0.25) is 0 Å². The molecule has 0 bridgehead atoms. The Morgan fingerprint density at radius 3 is 2.20 bits per heavy atom. The topological polar surface area (TPSA) is 76.4 Å². The second-order valence-corrected chi connectivity index (χ2v) is 2.72. The van der Waals surface area contributed by atoms with Crippen molar-refractivity contribution in [2.24, 2.45) is 16.5 Å². The molecule has 0 radical (unpaired) electrons. The van der Waals surface area contributed by atoms with Gasteiger partial charge in [-0.2, -0.15) is 4.99 Å². The molecule has 0 fully saturated rings. The van der Waals surface area contributed by atoms with E-state index in [1.54, 1.807) is 0 Å². The number of nitrogens with two attached hydrogens (primary N) is 2. The molecule has 5 N–H and O–H groups in total. The van der Waals surface area contributed by atoms with E-state index in [4.69, 9.17) is 23.7 Å². The van der Waals surface area contributed by atoms with Gasteiger partial charge in [-0.3, -0.25) is 0 Å². The molecule has 0 unspecified atom stereocenters.